The second-order valence-electron chi connectivity index (χ2n) is 4.65. The van der Waals surface area contributed by atoms with Gasteiger partial charge < -0.3 is 9.62 Å². The van der Waals surface area contributed by atoms with E-state index >= 15 is 0 Å². The van der Waals surface area contributed by atoms with Crippen LogP contribution in [0, 0.1) is 0 Å². The van der Waals surface area contributed by atoms with E-state index < -0.39 is 17.2 Å². The lowest BCUT2D eigenvalue weighted by molar-refractivity contribution is -0.417. The van der Waals surface area contributed by atoms with Gasteiger partial charge in [0, 0.05) is 0 Å². The number of fused-ring (bicyclic) bond motifs is 1. The topological polar surface area (TPSA) is 44.8 Å². The predicted octanol–water partition coefficient (Wildman–Crippen LogP) is 2.26. The van der Waals surface area contributed by atoms with Crippen LogP contribution in [0.25, 0.3) is 0 Å². The molecule has 1 unspecified atom stereocenters. The van der Waals surface area contributed by atoms with Crippen molar-refractivity contribution in [2.45, 2.75) is 44.3 Å². The standard InChI is InChI=1S/C12H16O4/c1-4-11(2,3)14-10(13)12-8-6-5-7-9(12)15-16-12/h4,7H,1,5-6,8H2,2-3H3. The highest BCUT2D eigenvalue weighted by atomic mass is 17.3. The van der Waals surface area contributed by atoms with Crippen LogP contribution in [-0.4, -0.2) is 17.2 Å². The average molecular weight is 224 g/mol. The van der Waals surface area contributed by atoms with Gasteiger partial charge in [0.05, 0.1) is 0 Å². The largest absolute Gasteiger partial charge is 0.453 e. The molecule has 0 aromatic carbocycles. The van der Waals surface area contributed by atoms with Crippen molar-refractivity contribution in [2.24, 2.45) is 0 Å². The lowest BCUT2D eigenvalue weighted by Gasteiger charge is -2.42. The van der Waals surface area contributed by atoms with Crippen LogP contribution in [0.3, 0.4) is 0 Å². The van der Waals surface area contributed by atoms with E-state index in [9.17, 15) is 4.79 Å². The van der Waals surface area contributed by atoms with Gasteiger partial charge in [-0.3, -0.25) is 0 Å². The van der Waals surface area contributed by atoms with E-state index in [-0.39, 0.29) is 0 Å². The van der Waals surface area contributed by atoms with Crippen LogP contribution >= 0.6 is 0 Å². The van der Waals surface area contributed by atoms with Crippen LogP contribution in [0.15, 0.2) is 24.5 Å². The Balaban J connectivity index is 2.13. The zero-order valence-electron chi connectivity index (χ0n) is 9.62. The molecular weight excluding hydrogens is 208 g/mol. The molecule has 1 heterocycles. The Labute approximate surface area is 94.8 Å². The lowest BCUT2D eigenvalue weighted by atomic mass is 9.87. The van der Waals surface area contributed by atoms with Gasteiger partial charge in [0.15, 0.2) is 5.76 Å². The first-order chi connectivity index (χ1) is 7.50. The Morgan fingerprint density at radius 2 is 2.44 bits per heavy atom. The maximum Gasteiger partial charge on any atom is 0.351 e. The Morgan fingerprint density at radius 3 is 2.94 bits per heavy atom. The molecule has 0 saturated carbocycles. The summed E-state index contributed by atoms with van der Waals surface area (Å²) in [5.74, 6) is 0.193. The summed E-state index contributed by atoms with van der Waals surface area (Å²) in [6.07, 6.45) is 5.91. The maximum atomic E-state index is 12.0. The van der Waals surface area contributed by atoms with E-state index in [0.717, 1.165) is 12.8 Å². The van der Waals surface area contributed by atoms with Crippen molar-refractivity contribution in [3.63, 3.8) is 0 Å². The van der Waals surface area contributed by atoms with Gasteiger partial charge in [0.1, 0.15) is 5.60 Å². The highest BCUT2D eigenvalue weighted by Gasteiger charge is 2.58. The molecule has 0 radical (unpaired) electrons. The molecule has 1 aliphatic carbocycles. The van der Waals surface area contributed by atoms with Crippen LogP contribution < -0.4 is 0 Å². The van der Waals surface area contributed by atoms with Crippen molar-refractivity contribution in [1.29, 1.82) is 0 Å². The molecule has 0 aromatic heterocycles. The monoisotopic (exact) mass is 224 g/mol. The molecule has 4 heteroatoms. The second kappa shape index (κ2) is 3.63. The molecule has 0 spiro atoms. The molecule has 1 aliphatic heterocycles. The van der Waals surface area contributed by atoms with Gasteiger partial charge in [0.2, 0.25) is 0 Å². The number of esters is 1. The molecule has 0 aromatic rings. The van der Waals surface area contributed by atoms with E-state index in [2.05, 4.69) is 6.58 Å². The van der Waals surface area contributed by atoms with Gasteiger partial charge in [0.25, 0.3) is 5.60 Å². The Kier molecular flexibility index (Phi) is 2.54. The van der Waals surface area contributed by atoms with Gasteiger partial charge in [-0.1, -0.05) is 6.58 Å². The fourth-order valence-electron chi connectivity index (χ4n) is 1.74. The number of allylic oxidation sites excluding steroid dienone is 1. The molecule has 1 fully saturated rings. The molecule has 0 N–H and O–H groups in total. The van der Waals surface area contributed by atoms with Crippen LogP contribution in [0.5, 0.6) is 0 Å². The minimum Gasteiger partial charge on any atom is -0.453 e. The third-order valence-electron chi connectivity index (χ3n) is 2.91. The zero-order valence-corrected chi connectivity index (χ0v) is 9.62. The Bertz CT molecular complexity index is 356. The van der Waals surface area contributed by atoms with E-state index in [1.165, 1.54) is 0 Å². The average Bonchev–Trinajstić information content (AvgIpc) is 2.19. The van der Waals surface area contributed by atoms with Crippen molar-refractivity contribution in [1.82, 2.24) is 0 Å². The maximum absolute atomic E-state index is 12.0. The predicted molar refractivity (Wildman–Crippen MR) is 57.2 cm³/mol. The number of rotatable bonds is 3. The van der Waals surface area contributed by atoms with Gasteiger partial charge in [-0.05, 0) is 45.3 Å². The summed E-state index contributed by atoms with van der Waals surface area (Å²) in [6, 6.07) is 0. The number of carbonyl (C=O) groups excluding carboxylic acids is 1. The third-order valence-corrected chi connectivity index (χ3v) is 2.91. The van der Waals surface area contributed by atoms with Gasteiger partial charge >= 0.3 is 5.97 Å². The number of ether oxygens (including phenoxy) is 1. The fraction of sp³-hybridized carbons (Fsp3) is 0.583. The van der Waals surface area contributed by atoms with E-state index in [1.807, 2.05) is 6.08 Å². The fourth-order valence-corrected chi connectivity index (χ4v) is 1.74. The lowest BCUT2D eigenvalue weighted by Crippen LogP contribution is -2.55. The molecular formula is C12H16O4. The molecule has 1 atom stereocenters. The highest BCUT2D eigenvalue weighted by molar-refractivity contribution is 5.84. The molecule has 0 amide bonds. The summed E-state index contributed by atoms with van der Waals surface area (Å²) in [4.78, 5) is 21.9. The highest BCUT2D eigenvalue weighted by Crippen LogP contribution is 2.43. The Hall–Kier alpha value is -1.29. The first kappa shape index (κ1) is 11.2. The number of hydrogen-bond donors (Lipinski definition) is 0. The molecule has 2 rings (SSSR count). The molecule has 16 heavy (non-hydrogen) atoms. The minimum atomic E-state index is -0.988. The first-order valence-corrected chi connectivity index (χ1v) is 5.43. The third kappa shape index (κ3) is 1.63. The summed E-state index contributed by atoms with van der Waals surface area (Å²) in [5.41, 5.74) is -1.67. The molecule has 4 nitrogen and oxygen atoms in total. The van der Waals surface area contributed by atoms with E-state index in [0.29, 0.717) is 12.2 Å². The quantitative estimate of drug-likeness (QED) is 0.419. The smallest absolute Gasteiger partial charge is 0.351 e. The van der Waals surface area contributed by atoms with Gasteiger partial charge in [-0.25, -0.2) is 4.79 Å². The second-order valence-corrected chi connectivity index (χ2v) is 4.65. The normalized spacial score (nSPS) is 28.0. The van der Waals surface area contributed by atoms with Crippen molar-refractivity contribution in [3.8, 4) is 0 Å². The summed E-state index contributed by atoms with van der Waals surface area (Å²) in [5, 5.41) is 0. The summed E-state index contributed by atoms with van der Waals surface area (Å²) >= 11 is 0. The van der Waals surface area contributed by atoms with Crippen molar-refractivity contribution in [2.75, 3.05) is 0 Å². The van der Waals surface area contributed by atoms with Crippen molar-refractivity contribution in [3.05, 3.63) is 24.5 Å². The van der Waals surface area contributed by atoms with Gasteiger partial charge in [-0.15, -0.1) is 0 Å². The van der Waals surface area contributed by atoms with Crippen molar-refractivity contribution < 1.29 is 19.3 Å². The summed E-state index contributed by atoms with van der Waals surface area (Å²) < 4.78 is 5.35. The van der Waals surface area contributed by atoms with Crippen LogP contribution in [-0.2, 0) is 19.3 Å². The van der Waals surface area contributed by atoms with E-state index in [4.69, 9.17) is 14.5 Å². The number of carbonyl (C=O) groups is 1. The molecule has 0 bridgehead atoms. The molecule has 2 aliphatic rings. The summed E-state index contributed by atoms with van der Waals surface area (Å²) in [7, 11) is 0. The van der Waals surface area contributed by atoms with E-state index in [1.54, 1.807) is 19.9 Å². The summed E-state index contributed by atoms with van der Waals surface area (Å²) in [6.45, 7) is 7.18. The van der Waals surface area contributed by atoms with Gasteiger partial charge in [-0.2, -0.15) is 4.89 Å². The first-order valence-electron chi connectivity index (χ1n) is 5.43. The van der Waals surface area contributed by atoms with Crippen LogP contribution in [0.4, 0.5) is 0 Å². The Morgan fingerprint density at radius 1 is 1.69 bits per heavy atom. The SMILES string of the molecule is C=CC(C)(C)OC(=O)C12CCCC=C1OO2. The number of hydrogen-bond acceptors (Lipinski definition) is 4. The molecule has 1 saturated heterocycles. The van der Waals surface area contributed by atoms with Crippen LogP contribution in [0.2, 0.25) is 0 Å². The molecule has 88 valence electrons. The zero-order chi connectivity index (χ0) is 11.8. The van der Waals surface area contributed by atoms with Crippen molar-refractivity contribution >= 4 is 5.97 Å². The van der Waals surface area contributed by atoms with Crippen LogP contribution in [0.1, 0.15) is 33.1 Å². The minimum absolute atomic E-state index is 0.394.